The number of amides is 1. The van der Waals surface area contributed by atoms with Crippen LogP contribution in [-0.4, -0.2) is 70.0 Å². The lowest BCUT2D eigenvalue weighted by Crippen LogP contribution is -2.45. The number of likely N-dealkylation sites (N-methyl/N-ethyl adjacent to an activating group) is 1. The third kappa shape index (κ3) is 2.99. The average molecular weight is 375 g/mol. The predicted molar refractivity (Wildman–Crippen MR) is 87.6 cm³/mol. The van der Waals surface area contributed by atoms with Gasteiger partial charge in [-0.3, -0.25) is 4.79 Å². The van der Waals surface area contributed by atoms with Gasteiger partial charge in [0.25, 0.3) is 0 Å². The SMILES string of the molecule is COc1ccc(S(=O)(=O)N2C[C@@H]3COC[C@H](C2)N(C)C3=O)cc1Cl. The van der Waals surface area contributed by atoms with E-state index in [1.807, 2.05) is 0 Å². The number of rotatable bonds is 3. The Bertz CT molecular complexity index is 754. The number of benzene rings is 1. The van der Waals surface area contributed by atoms with Crippen molar-refractivity contribution in [2.45, 2.75) is 10.9 Å². The van der Waals surface area contributed by atoms with Crippen LogP contribution in [0.5, 0.6) is 5.75 Å². The van der Waals surface area contributed by atoms with E-state index in [2.05, 4.69) is 0 Å². The van der Waals surface area contributed by atoms with Crippen LogP contribution in [0, 0.1) is 5.92 Å². The van der Waals surface area contributed by atoms with Crippen molar-refractivity contribution in [2.24, 2.45) is 5.92 Å². The Morgan fingerprint density at radius 3 is 2.71 bits per heavy atom. The second-order valence-corrected chi connectivity index (χ2v) is 8.30. The summed E-state index contributed by atoms with van der Waals surface area (Å²) in [6, 6.07) is 4.06. The van der Waals surface area contributed by atoms with Crippen LogP contribution < -0.4 is 4.74 Å². The van der Waals surface area contributed by atoms with Crippen molar-refractivity contribution >= 4 is 27.5 Å². The van der Waals surface area contributed by atoms with Crippen LogP contribution in [0.25, 0.3) is 0 Å². The maximum atomic E-state index is 13.0. The number of carbonyl (C=O) groups excluding carboxylic acids is 1. The molecule has 1 aromatic carbocycles. The normalized spacial score (nSPS) is 25.5. The third-order valence-electron chi connectivity index (χ3n) is 4.47. The molecule has 3 rings (SSSR count). The molecule has 0 unspecified atom stereocenters. The summed E-state index contributed by atoms with van der Waals surface area (Å²) in [5.41, 5.74) is 0. The van der Waals surface area contributed by atoms with Gasteiger partial charge in [0, 0.05) is 20.1 Å². The molecule has 1 amide bonds. The number of sulfonamides is 1. The van der Waals surface area contributed by atoms with Crippen LogP contribution in [0.3, 0.4) is 0 Å². The molecule has 2 heterocycles. The zero-order valence-corrected chi connectivity index (χ0v) is 15.0. The van der Waals surface area contributed by atoms with Gasteiger partial charge < -0.3 is 14.4 Å². The first-order chi connectivity index (χ1) is 11.3. The Morgan fingerprint density at radius 1 is 1.29 bits per heavy atom. The molecule has 0 N–H and O–H groups in total. The largest absolute Gasteiger partial charge is 0.495 e. The van der Waals surface area contributed by atoms with Crippen molar-refractivity contribution in [2.75, 3.05) is 40.5 Å². The van der Waals surface area contributed by atoms with Gasteiger partial charge in [-0.05, 0) is 18.2 Å². The van der Waals surface area contributed by atoms with E-state index in [-0.39, 0.29) is 41.6 Å². The lowest BCUT2D eigenvalue weighted by molar-refractivity contribution is -0.133. The number of fused-ring (bicyclic) bond motifs is 3. The molecule has 0 aromatic heterocycles. The topological polar surface area (TPSA) is 76.2 Å². The number of carbonyl (C=O) groups is 1. The fraction of sp³-hybridized carbons (Fsp3) is 0.533. The number of halogens is 1. The molecule has 0 radical (unpaired) electrons. The average Bonchev–Trinajstić information content (AvgIpc) is 2.72. The van der Waals surface area contributed by atoms with Crippen LogP contribution in [-0.2, 0) is 19.6 Å². The molecule has 0 saturated carbocycles. The van der Waals surface area contributed by atoms with Crippen LogP contribution in [0.2, 0.25) is 5.02 Å². The summed E-state index contributed by atoms with van der Waals surface area (Å²) >= 11 is 6.06. The second kappa shape index (κ2) is 6.51. The van der Waals surface area contributed by atoms with Crippen LogP contribution in [0.15, 0.2) is 23.1 Å². The van der Waals surface area contributed by atoms with E-state index in [9.17, 15) is 13.2 Å². The summed E-state index contributed by atoms with van der Waals surface area (Å²) in [7, 11) is -0.608. The molecule has 24 heavy (non-hydrogen) atoms. The van der Waals surface area contributed by atoms with Crippen molar-refractivity contribution in [3.8, 4) is 5.75 Å². The fourth-order valence-electron chi connectivity index (χ4n) is 3.01. The highest BCUT2D eigenvalue weighted by atomic mass is 35.5. The minimum atomic E-state index is -3.76. The summed E-state index contributed by atoms with van der Waals surface area (Å²) in [6.45, 7) is 0.861. The van der Waals surface area contributed by atoms with Crippen LogP contribution >= 0.6 is 11.6 Å². The zero-order chi connectivity index (χ0) is 17.5. The van der Waals surface area contributed by atoms with Gasteiger partial charge >= 0.3 is 0 Å². The lowest BCUT2D eigenvalue weighted by Gasteiger charge is -2.28. The van der Waals surface area contributed by atoms with E-state index < -0.39 is 15.9 Å². The maximum Gasteiger partial charge on any atom is 0.243 e. The van der Waals surface area contributed by atoms with Crippen molar-refractivity contribution in [3.63, 3.8) is 0 Å². The highest BCUT2D eigenvalue weighted by molar-refractivity contribution is 7.89. The molecular weight excluding hydrogens is 356 g/mol. The smallest absolute Gasteiger partial charge is 0.243 e. The number of hydrogen-bond acceptors (Lipinski definition) is 5. The lowest BCUT2D eigenvalue weighted by atomic mass is 10.1. The number of methoxy groups -OCH3 is 1. The van der Waals surface area contributed by atoms with E-state index in [1.54, 1.807) is 11.9 Å². The van der Waals surface area contributed by atoms with Crippen molar-refractivity contribution < 1.29 is 22.7 Å². The molecule has 2 atom stereocenters. The van der Waals surface area contributed by atoms with E-state index in [0.717, 1.165) is 0 Å². The minimum Gasteiger partial charge on any atom is -0.495 e. The van der Waals surface area contributed by atoms with Gasteiger partial charge in [0.2, 0.25) is 15.9 Å². The van der Waals surface area contributed by atoms with E-state index in [1.165, 1.54) is 29.6 Å². The Morgan fingerprint density at radius 2 is 2.04 bits per heavy atom. The van der Waals surface area contributed by atoms with Gasteiger partial charge in [-0.1, -0.05) is 11.6 Å². The Kier molecular flexibility index (Phi) is 4.74. The highest BCUT2D eigenvalue weighted by Gasteiger charge is 2.41. The number of nitrogens with zero attached hydrogens (tertiary/aromatic N) is 2. The molecule has 2 fully saturated rings. The Labute approximate surface area is 146 Å². The van der Waals surface area contributed by atoms with Crippen molar-refractivity contribution in [1.82, 2.24) is 9.21 Å². The van der Waals surface area contributed by atoms with Gasteiger partial charge in [-0.15, -0.1) is 0 Å². The zero-order valence-electron chi connectivity index (χ0n) is 13.4. The van der Waals surface area contributed by atoms with Gasteiger partial charge in [0.05, 0.1) is 42.2 Å². The molecular formula is C15H19ClN2O5S. The van der Waals surface area contributed by atoms with Crippen molar-refractivity contribution in [3.05, 3.63) is 23.2 Å². The van der Waals surface area contributed by atoms with Gasteiger partial charge in [-0.25, -0.2) is 8.42 Å². The first-order valence-electron chi connectivity index (χ1n) is 7.52. The summed E-state index contributed by atoms with van der Waals surface area (Å²) in [5.74, 6) is -0.166. The molecule has 132 valence electrons. The first-order valence-corrected chi connectivity index (χ1v) is 9.34. The predicted octanol–water partition coefficient (Wildman–Crippen LogP) is 0.826. The van der Waals surface area contributed by atoms with E-state index in [4.69, 9.17) is 21.1 Å². The van der Waals surface area contributed by atoms with Crippen LogP contribution in [0.4, 0.5) is 0 Å². The van der Waals surface area contributed by atoms with Gasteiger partial charge in [-0.2, -0.15) is 4.31 Å². The molecule has 9 heteroatoms. The van der Waals surface area contributed by atoms with E-state index in [0.29, 0.717) is 12.4 Å². The molecule has 7 nitrogen and oxygen atoms in total. The Balaban J connectivity index is 1.95. The molecule has 2 bridgehead atoms. The van der Waals surface area contributed by atoms with E-state index >= 15 is 0 Å². The monoisotopic (exact) mass is 374 g/mol. The molecule has 0 spiro atoms. The number of ether oxygens (including phenoxy) is 2. The van der Waals surface area contributed by atoms with Crippen molar-refractivity contribution in [1.29, 1.82) is 0 Å². The molecule has 2 saturated heterocycles. The third-order valence-corrected chi connectivity index (χ3v) is 6.60. The summed E-state index contributed by atoms with van der Waals surface area (Å²) in [4.78, 5) is 14.0. The summed E-state index contributed by atoms with van der Waals surface area (Å²) in [5, 5.41) is 0.227. The standard InChI is InChI=1S/C15H19ClN2O5S/c1-17-11-7-18(6-10(15(17)19)8-23-9-11)24(20,21)12-3-4-14(22-2)13(16)5-12/h3-5,10-11H,6-9H2,1-2H3/t10-,11+/m1/s1. The highest BCUT2D eigenvalue weighted by Crippen LogP contribution is 2.30. The molecule has 0 aliphatic carbocycles. The minimum absolute atomic E-state index is 0.0806. The quantitative estimate of drug-likeness (QED) is 0.783. The summed E-state index contributed by atoms with van der Waals surface area (Å²) in [6.07, 6.45) is 0. The first kappa shape index (κ1) is 17.5. The maximum absolute atomic E-state index is 13.0. The summed E-state index contributed by atoms with van der Waals surface area (Å²) < 4.78 is 37.9. The molecule has 1 aromatic rings. The fourth-order valence-corrected chi connectivity index (χ4v) is 4.88. The Hall–Kier alpha value is -1.35. The number of hydrogen-bond donors (Lipinski definition) is 0. The second-order valence-electron chi connectivity index (χ2n) is 5.96. The molecule has 2 aliphatic heterocycles. The van der Waals surface area contributed by atoms with Crippen LogP contribution in [0.1, 0.15) is 0 Å². The van der Waals surface area contributed by atoms with Gasteiger partial charge in [0.1, 0.15) is 5.75 Å². The molecule has 2 aliphatic rings. The van der Waals surface area contributed by atoms with Gasteiger partial charge in [0.15, 0.2) is 0 Å².